The second kappa shape index (κ2) is 11.5. The molecule has 1 saturated heterocycles. The lowest BCUT2D eigenvalue weighted by atomic mass is 10.1. The molecule has 1 aromatic carbocycles. The molecule has 194 valence electrons. The Morgan fingerprint density at radius 2 is 2.03 bits per heavy atom. The smallest absolute Gasteiger partial charge is 0.268 e. The molecule has 0 amide bonds. The van der Waals surface area contributed by atoms with Gasteiger partial charge < -0.3 is 10.6 Å². The van der Waals surface area contributed by atoms with Crippen molar-refractivity contribution in [2.45, 2.75) is 37.5 Å². The molecular formula is C28H27ClN6OS2. The van der Waals surface area contributed by atoms with Crippen molar-refractivity contribution in [1.82, 2.24) is 24.8 Å². The summed E-state index contributed by atoms with van der Waals surface area (Å²) < 4.78 is 2.17. The van der Waals surface area contributed by atoms with Gasteiger partial charge in [0.05, 0.1) is 23.3 Å². The lowest BCUT2D eigenvalue weighted by Gasteiger charge is -2.22. The number of nitrogens with zero attached hydrogens (tertiary/aromatic N) is 4. The van der Waals surface area contributed by atoms with Crippen molar-refractivity contribution >= 4 is 57.4 Å². The number of thiazole rings is 1. The van der Waals surface area contributed by atoms with Gasteiger partial charge in [0.15, 0.2) is 0 Å². The molecule has 1 saturated carbocycles. The maximum absolute atomic E-state index is 13.6. The number of fused-ring (bicyclic) bond motifs is 1. The van der Waals surface area contributed by atoms with Gasteiger partial charge in [0.1, 0.15) is 9.98 Å². The summed E-state index contributed by atoms with van der Waals surface area (Å²) >= 11 is 9.67. The molecule has 1 atom stereocenters. The molecule has 1 aliphatic heterocycles. The van der Waals surface area contributed by atoms with E-state index in [0.29, 0.717) is 38.4 Å². The first kappa shape index (κ1) is 25.4. The van der Waals surface area contributed by atoms with Gasteiger partial charge in [0.2, 0.25) is 5.95 Å². The van der Waals surface area contributed by atoms with Crippen LogP contribution < -0.4 is 16.2 Å². The lowest BCUT2D eigenvalue weighted by Crippen LogP contribution is -2.28. The summed E-state index contributed by atoms with van der Waals surface area (Å²) in [5.74, 6) is 8.36. The molecule has 1 unspecified atom stereocenters. The van der Waals surface area contributed by atoms with E-state index in [-0.39, 0.29) is 12.1 Å². The standard InChI is InChI=1S/C28H27ClN6OS2/c29-25-23(32-17-38-25)16-35-26-21(13-20(27(35)36)6-5-18-3-1-2-4-18)14-31-28(34-26)33-22-9-7-19(8-10-22)24-15-30-11-12-37-24/h7-10,13-14,17-18,24,30H,1-4,11-12,15-16H2,(H,31,33,34). The zero-order chi connectivity index (χ0) is 25.9. The minimum absolute atomic E-state index is 0.195. The van der Waals surface area contributed by atoms with E-state index in [1.54, 1.807) is 22.3 Å². The predicted octanol–water partition coefficient (Wildman–Crippen LogP) is 5.61. The minimum Gasteiger partial charge on any atom is -0.324 e. The molecule has 2 N–H and O–H groups in total. The first-order chi connectivity index (χ1) is 18.6. The highest BCUT2D eigenvalue weighted by molar-refractivity contribution is 7.99. The van der Waals surface area contributed by atoms with Crippen molar-refractivity contribution in [2.75, 3.05) is 24.2 Å². The Morgan fingerprint density at radius 1 is 1.18 bits per heavy atom. The van der Waals surface area contributed by atoms with Crippen molar-refractivity contribution < 1.29 is 0 Å². The van der Waals surface area contributed by atoms with Crippen molar-refractivity contribution in [3.05, 3.63) is 73.6 Å². The molecule has 10 heteroatoms. The number of halogens is 1. The molecule has 38 heavy (non-hydrogen) atoms. The van der Waals surface area contributed by atoms with Crippen LogP contribution in [-0.4, -0.2) is 38.4 Å². The van der Waals surface area contributed by atoms with E-state index in [4.69, 9.17) is 16.6 Å². The summed E-state index contributed by atoms with van der Waals surface area (Å²) in [5.41, 5.74) is 5.28. The van der Waals surface area contributed by atoms with Crippen LogP contribution in [0.2, 0.25) is 4.34 Å². The highest BCUT2D eigenvalue weighted by atomic mass is 35.5. The third-order valence-electron chi connectivity index (χ3n) is 6.96. The zero-order valence-electron chi connectivity index (χ0n) is 20.7. The molecule has 6 rings (SSSR count). The van der Waals surface area contributed by atoms with Gasteiger partial charge in [-0.25, -0.2) is 9.97 Å². The topological polar surface area (TPSA) is 84.7 Å². The fourth-order valence-corrected chi connectivity index (χ4v) is 6.79. The number of hydrogen-bond acceptors (Lipinski definition) is 8. The van der Waals surface area contributed by atoms with E-state index >= 15 is 0 Å². The minimum atomic E-state index is -0.195. The lowest BCUT2D eigenvalue weighted by molar-refractivity contribution is 0.689. The average molecular weight is 563 g/mol. The van der Waals surface area contributed by atoms with E-state index in [1.807, 2.05) is 23.9 Å². The van der Waals surface area contributed by atoms with Crippen molar-refractivity contribution in [3.8, 4) is 11.8 Å². The number of rotatable bonds is 5. The van der Waals surface area contributed by atoms with Crippen LogP contribution in [0.1, 0.15) is 47.8 Å². The van der Waals surface area contributed by atoms with E-state index in [1.165, 1.54) is 29.7 Å². The van der Waals surface area contributed by atoms with Gasteiger partial charge in [0.25, 0.3) is 5.56 Å². The molecule has 2 aliphatic rings. The highest BCUT2D eigenvalue weighted by Gasteiger charge is 2.17. The SMILES string of the molecule is O=c1c(C#CC2CCCC2)cc2cnc(Nc3ccc(C4CNCCS4)cc3)nc2n1Cc1ncsc1Cl. The predicted molar refractivity (Wildman–Crippen MR) is 157 cm³/mol. The van der Waals surface area contributed by atoms with Gasteiger partial charge in [-0.3, -0.25) is 9.36 Å². The fraction of sp³-hybridized carbons (Fsp3) is 0.357. The van der Waals surface area contributed by atoms with Crippen LogP contribution in [0.15, 0.2) is 46.8 Å². The molecular weight excluding hydrogens is 536 g/mol. The van der Waals surface area contributed by atoms with Crippen molar-refractivity contribution in [3.63, 3.8) is 0 Å². The van der Waals surface area contributed by atoms with Crippen LogP contribution in [-0.2, 0) is 6.54 Å². The summed E-state index contributed by atoms with van der Waals surface area (Å²) in [6, 6.07) is 10.2. The first-order valence-corrected chi connectivity index (χ1v) is 15.1. The molecule has 2 fully saturated rings. The summed E-state index contributed by atoms with van der Waals surface area (Å²) in [6.07, 6.45) is 6.33. The Labute approximate surface area is 234 Å². The fourth-order valence-electron chi connectivity index (χ4n) is 4.90. The van der Waals surface area contributed by atoms with Crippen LogP contribution in [0.5, 0.6) is 0 Å². The molecule has 0 radical (unpaired) electrons. The molecule has 7 nitrogen and oxygen atoms in total. The van der Waals surface area contributed by atoms with Gasteiger partial charge >= 0.3 is 0 Å². The van der Waals surface area contributed by atoms with Gasteiger partial charge in [0, 0.05) is 47.3 Å². The normalized spacial score (nSPS) is 17.9. The average Bonchev–Trinajstić information content (AvgIpc) is 3.62. The summed E-state index contributed by atoms with van der Waals surface area (Å²) in [5, 5.41) is 7.96. The van der Waals surface area contributed by atoms with Crippen LogP contribution in [0.25, 0.3) is 11.0 Å². The van der Waals surface area contributed by atoms with Crippen molar-refractivity contribution in [1.29, 1.82) is 0 Å². The van der Waals surface area contributed by atoms with Crippen LogP contribution >= 0.6 is 34.7 Å². The number of anilines is 2. The molecule has 3 aromatic heterocycles. The first-order valence-electron chi connectivity index (χ1n) is 12.8. The number of hydrogen-bond donors (Lipinski definition) is 2. The number of benzene rings is 1. The molecule has 0 spiro atoms. The maximum Gasteiger partial charge on any atom is 0.268 e. The van der Waals surface area contributed by atoms with E-state index in [9.17, 15) is 4.79 Å². The highest BCUT2D eigenvalue weighted by Crippen LogP contribution is 2.31. The second-order valence-corrected chi connectivity index (χ2v) is 12.3. The maximum atomic E-state index is 13.6. The number of nitrogens with one attached hydrogen (secondary N) is 2. The number of thioether (sulfide) groups is 1. The third-order valence-corrected chi connectivity index (χ3v) is 9.38. The molecule has 1 aliphatic carbocycles. The van der Waals surface area contributed by atoms with Gasteiger partial charge in [-0.2, -0.15) is 16.7 Å². The zero-order valence-corrected chi connectivity index (χ0v) is 23.1. The third kappa shape index (κ3) is 5.59. The molecule has 4 heterocycles. The summed E-state index contributed by atoms with van der Waals surface area (Å²) in [6.45, 7) is 2.27. The van der Waals surface area contributed by atoms with E-state index in [2.05, 4.69) is 44.6 Å². The van der Waals surface area contributed by atoms with Gasteiger partial charge in [-0.05, 0) is 36.6 Å². The Balaban J connectivity index is 1.33. The Bertz CT molecular complexity index is 1560. The Kier molecular flexibility index (Phi) is 7.65. The van der Waals surface area contributed by atoms with Crippen LogP contribution in [0, 0.1) is 17.8 Å². The van der Waals surface area contributed by atoms with Gasteiger partial charge in [-0.15, -0.1) is 11.3 Å². The Hall–Kier alpha value is -2.90. The number of aromatic nitrogens is 4. The quantitative estimate of drug-likeness (QED) is 0.306. The van der Waals surface area contributed by atoms with Crippen LogP contribution in [0.3, 0.4) is 0 Å². The van der Waals surface area contributed by atoms with Crippen molar-refractivity contribution in [2.24, 2.45) is 5.92 Å². The molecule has 4 aromatic rings. The van der Waals surface area contributed by atoms with Crippen LogP contribution in [0.4, 0.5) is 11.6 Å². The second-order valence-electron chi connectivity index (χ2n) is 9.56. The molecule has 0 bridgehead atoms. The van der Waals surface area contributed by atoms with Gasteiger partial charge in [-0.1, -0.05) is 48.4 Å². The summed E-state index contributed by atoms with van der Waals surface area (Å²) in [4.78, 5) is 27.2. The Morgan fingerprint density at radius 3 is 2.76 bits per heavy atom. The van der Waals surface area contributed by atoms with E-state index in [0.717, 1.165) is 42.8 Å². The number of pyridine rings is 1. The monoisotopic (exact) mass is 562 g/mol. The van der Waals surface area contributed by atoms with E-state index < -0.39 is 0 Å². The largest absolute Gasteiger partial charge is 0.324 e. The summed E-state index contributed by atoms with van der Waals surface area (Å²) in [7, 11) is 0.